The molecule has 8 nitrogen and oxygen atoms in total. The Balaban J connectivity index is -0.0000000825. The normalized spacial score (nSPS) is 7.50. The first-order valence-electron chi connectivity index (χ1n) is 2.83. The molecule has 0 saturated heterocycles. The summed E-state index contributed by atoms with van der Waals surface area (Å²) in [7, 11) is 0. The fourth-order valence-corrected chi connectivity index (χ4v) is 0.136. The molecular formula is C6H4Na2O8. The van der Waals surface area contributed by atoms with Crippen LogP contribution in [-0.2, 0) is 19.2 Å². The van der Waals surface area contributed by atoms with Crippen molar-refractivity contribution >= 4 is 23.9 Å². The molecule has 0 spiro atoms. The zero-order valence-corrected chi connectivity index (χ0v) is 12.5. The molecule has 78 valence electrons. The van der Waals surface area contributed by atoms with Gasteiger partial charge in [0.25, 0.3) is 0 Å². The summed E-state index contributed by atoms with van der Waals surface area (Å²) >= 11 is 0. The van der Waals surface area contributed by atoms with E-state index in [9.17, 15) is 19.8 Å². The van der Waals surface area contributed by atoms with Gasteiger partial charge in [-0.1, -0.05) is 0 Å². The summed E-state index contributed by atoms with van der Waals surface area (Å²) in [5.41, 5.74) is 0. The van der Waals surface area contributed by atoms with Gasteiger partial charge in [-0.3, -0.25) is 0 Å². The predicted molar refractivity (Wildman–Crippen MR) is 34.4 cm³/mol. The van der Waals surface area contributed by atoms with Crippen LogP contribution in [0, 0.1) is 0 Å². The molecule has 0 bridgehead atoms. The minimum Gasteiger partial charge on any atom is -0.545 e. The molecule has 0 saturated carbocycles. The van der Waals surface area contributed by atoms with Crippen LogP contribution in [0.4, 0.5) is 0 Å². The van der Waals surface area contributed by atoms with Crippen molar-refractivity contribution in [2.75, 3.05) is 0 Å². The number of hydrogen-bond donors (Lipinski definition) is 2. The maximum atomic E-state index is 9.41. The van der Waals surface area contributed by atoms with Crippen LogP contribution in [0.3, 0.4) is 0 Å². The van der Waals surface area contributed by atoms with E-state index in [0.29, 0.717) is 12.2 Å². The van der Waals surface area contributed by atoms with Gasteiger partial charge >= 0.3 is 71.1 Å². The van der Waals surface area contributed by atoms with Gasteiger partial charge in [0.15, 0.2) is 0 Å². The zero-order chi connectivity index (χ0) is 11.7. The molecule has 0 radical (unpaired) electrons. The Morgan fingerprint density at radius 3 is 1.00 bits per heavy atom. The zero-order valence-electron chi connectivity index (χ0n) is 8.50. The van der Waals surface area contributed by atoms with Crippen molar-refractivity contribution in [1.29, 1.82) is 0 Å². The van der Waals surface area contributed by atoms with Crippen molar-refractivity contribution in [3.63, 3.8) is 0 Å². The van der Waals surface area contributed by atoms with Crippen LogP contribution in [0.2, 0.25) is 0 Å². The Bertz CT molecular complexity index is 256. The molecule has 16 heavy (non-hydrogen) atoms. The smallest absolute Gasteiger partial charge is 0.545 e. The Labute approximate surface area is 134 Å². The minimum absolute atomic E-state index is 0. The van der Waals surface area contributed by atoms with Crippen LogP contribution >= 0.6 is 0 Å². The molecule has 10 heteroatoms. The molecule has 0 unspecified atom stereocenters. The summed E-state index contributed by atoms with van der Waals surface area (Å²) in [5.74, 6) is -6.74. The van der Waals surface area contributed by atoms with Gasteiger partial charge in [-0.05, 0) is 12.2 Å². The Morgan fingerprint density at radius 2 is 0.938 bits per heavy atom. The maximum Gasteiger partial charge on any atom is 1.00 e. The van der Waals surface area contributed by atoms with Gasteiger partial charge in [-0.25, -0.2) is 9.59 Å². The number of carboxylic acids is 4. The quantitative estimate of drug-likeness (QED) is 0.278. The molecule has 0 aromatic heterocycles. The molecule has 0 aliphatic carbocycles. The third-order valence-electron chi connectivity index (χ3n) is 0.538. The molecule has 0 atom stereocenters. The van der Waals surface area contributed by atoms with Crippen molar-refractivity contribution in [1.82, 2.24) is 0 Å². The average Bonchev–Trinajstić information content (AvgIpc) is 2.01. The molecule has 0 fully saturated rings. The summed E-state index contributed by atoms with van der Waals surface area (Å²) in [6, 6.07) is 0. The second-order valence-corrected chi connectivity index (χ2v) is 1.58. The van der Waals surface area contributed by atoms with E-state index >= 15 is 0 Å². The Hall–Kier alpha value is -0.380. The predicted octanol–water partition coefficient (Wildman–Crippen LogP) is -9.79. The van der Waals surface area contributed by atoms with Crippen LogP contribution in [0.15, 0.2) is 12.2 Å². The molecule has 0 rings (SSSR count). The van der Waals surface area contributed by atoms with Crippen molar-refractivity contribution in [3.05, 3.63) is 12.2 Å². The van der Waals surface area contributed by atoms with Gasteiger partial charge in [0.2, 0.25) is 0 Å². The van der Waals surface area contributed by atoms with Crippen molar-refractivity contribution in [2.24, 2.45) is 0 Å². The summed E-state index contributed by atoms with van der Waals surface area (Å²) < 4.78 is 0. The van der Waals surface area contributed by atoms with Crippen LogP contribution in [0.1, 0.15) is 0 Å². The third-order valence-corrected chi connectivity index (χ3v) is 0.538. The van der Waals surface area contributed by atoms with Crippen molar-refractivity contribution in [3.8, 4) is 0 Å². The van der Waals surface area contributed by atoms with Crippen molar-refractivity contribution < 1.29 is 98.7 Å². The third kappa shape index (κ3) is 29.2. The molecule has 0 aromatic carbocycles. The molecule has 0 aliphatic heterocycles. The molecule has 0 heterocycles. The van der Waals surface area contributed by atoms with E-state index in [1.165, 1.54) is 0 Å². The van der Waals surface area contributed by atoms with Gasteiger partial charge < -0.3 is 30.0 Å². The van der Waals surface area contributed by atoms with Crippen LogP contribution in [0.25, 0.3) is 0 Å². The van der Waals surface area contributed by atoms with Gasteiger partial charge in [0, 0.05) is 0 Å². The summed E-state index contributed by atoms with van der Waals surface area (Å²) in [5, 5.41) is 33.6. The first-order chi connectivity index (χ1) is 6.27. The number of carbonyl (C=O) groups excluding carboxylic acids is 2. The Morgan fingerprint density at radius 1 is 0.750 bits per heavy atom. The van der Waals surface area contributed by atoms with Gasteiger partial charge in [-0.15, -0.1) is 0 Å². The topological polar surface area (TPSA) is 155 Å². The molecule has 2 N–H and O–H groups in total. The number of hydrogen-bond acceptors (Lipinski definition) is 6. The monoisotopic (exact) mass is 250 g/mol. The molecule has 0 aliphatic rings. The second-order valence-electron chi connectivity index (χ2n) is 1.58. The van der Waals surface area contributed by atoms with Crippen LogP contribution < -0.4 is 69.3 Å². The van der Waals surface area contributed by atoms with Crippen LogP contribution in [0.5, 0.6) is 0 Å². The molecular weight excluding hydrogens is 246 g/mol. The van der Waals surface area contributed by atoms with Gasteiger partial charge in [0.1, 0.15) is 0 Å². The van der Waals surface area contributed by atoms with Gasteiger partial charge in [0.05, 0.1) is 11.9 Å². The largest absolute Gasteiger partial charge is 1.00 e. The number of carboxylic acid groups (broad SMARTS) is 4. The van der Waals surface area contributed by atoms with E-state index < -0.39 is 23.9 Å². The first-order valence-corrected chi connectivity index (χ1v) is 2.83. The summed E-state index contributed by atoms with van der Waals surface area (Å²) in [6.45, 7) is 0. The fourth-order valence-electron chi connectivity index (χ4n) is 0.136. The van der Waals surface area contributed by atoms with E-state index in [0.717, 1.165) is 0 Å². The number of aliphatic carboxylic acids is 4. The van der Waals surface area contributed by atoms with E-state index in [1.807, 2.05) is 0 Å². The van der Waals surface area contributed by atoms with E-state index in [-0.39, 0.29) is 59.1 Å². The van der Waals surface area contributed by atoms with E-state index in [1.54, 1.807) is 0 Å². The fraction of sp³-hybridized carbons (Fsp3) is 0. The minimum atomic E-state index is -1.82. The maximum absolute atomic E-state index is 9.41. The van der Waals surface area contributed by atoms with Crippen molar-refractivity contribution in [2.45, 2.75) is 0 Å². The average molecular weight is 250 g/mol. The van der Waals surface area contributed by atoms with Gasteiger partial charge in [-0.2, -0.15) is 0 Å². The summed E-state index contributed by atoms with van der Waals surface area (Å²) in [6.07, 6.45) is 0.769. The SMILES string of the molecule is O=C(O)C(=O)O.O=C([O-])C=CC(=O)[O-].[Na+].[Na+]. The number of carbonyl (C=O) groups is 4. The number of rotatable bonds is 2. The van der Waals surface area contributed by atoms with Crippen LogP contribution in [-0.4, -0.2) is 34.1 Å². The summed E-state index contributed by atoms with van der Waals surface area (Å²) in [4.78, 5) is 37.0. The van der Waals surface area contributed by atoms with E-state index in [4.69, 9.17) is 19.8 Å². The van der Waals surface area contributed by atoms with E-state index in [2.05, 4.69) is 0 Å². The second kappa shape index (κ2) is 14.6. The standard InChI is InChI=1S/C4H4O4.C2H2O4.2Na/c5-3(6)1-2-4(7)8;3-1(4)2(5)6;;/h1-2H,(H,5,6)(H,7,8);(H,3,4)(H,5,6);;/q;;2*+1/p-2. The first kappa shape index (κ1) is 24.7. The molecule has 0 aromatic rings. The molecule has 0 amide bonds. The Kier molecular flexibility index (Phi) is 22.6.